The second-order valence-corrected chi connectivity index (χ2v) is 10.4. The fourth-order valence-corrected chi connectivity index (χ4v) is 5.51. The van der Waals surface area contributed by atoms with Gasteiger partial charge in [-0.3, -0.25) is 4.79 Å². The first-order valence-corrected chi connectivity index (χ1v) is 13.5. The summed E-state index contributed by atoms with van der Waals surface area (Å²) in [7, 11) is 1.59. The maximum atomic E-state index is 13.0. The molecule has 0 spiro atoms. The predicted molar refractivity (Wildman–Crippen MR) is 152 cm³/mol. The van der Waals surface area contributed by atoms with Gasteiger partial charge in [0.1, 0.15) is 0 Å². The normalized spacial score (nSPS) is 14.4. The topological polar surface area (TPSA) is 66.8 Å². The van der Waals surface area contributed by atoms with Gasteiger partial charge in [-0.25, -0.2) is 4.79 Å². The minimum atomic E-state index is -4.41. The quantitative estimate of drug-likeness (QED) is 0.252. The van der Waals surface area contributed by atoms with Crippen molar-refractivity contribution in [3.63, 3.8) is 0 Å². The highest BCUT2D eigenvalue weighted by atomic mass is 19.4. The van der Waals surface area contributed by atoms with Crippen LogP contribution >= 0.6 is 0 Å². The number of amides is 1. The minimum Gasteiger partial charge on any atom is -0.478 e. The van der Waals surface area contributed by atoms with E-state index in [1.807, 2.05) is 35.2 Å². The standard InChI is InChI=1S/C33H30F3NO4/c1-41-17-14-31(38)37-15-12-23(13-16-37)21-2-4-24(5-3-21)30-20-27(32(39)40)19-26-18-25(8-11-29(26)30)22-6-9-28(10-7-22)33(34,35)36/h2-11,18-20,23H,12-17H2,1H3,(H,39,40). The van der Waals surface area contributed by atoms with Crippen LogP contribution in [0.5, 0.6) is 0 Å². The van der Waals surface area contributed by atoms with Crippen molar-refractivity contribution in [2.24, 2.45) is 0 Å². The predicted octanol–water partition coefficient (Wildman–Crippen LogP) is 7.63. The van der Waals surface area contributed by atoms with Gasteiger partial charge in [0.15, 0.2) is 0 Å². The van der Waals surface area contributed by atoms with Crippen molar-refractivity contribution in [3.05, 3.63) is 95.6 Å². The molecular weight excluding hydrogens is 531 g/mol. The van der Waals surface area contributed by atoms with Crippen LogP contribution in [0.1, 0.15) is 46.7 Å². The Morgan fingerprint density at radius 3 is 2.12 bits per heavy atom. The van der Waals surface area contributed by atoms with Crippen molar-refractivity contribution >= 4 is 22.6 Å². The molecule has 1 heterocycles. The zero-order valence-electron chi connectivity index (χ0n) is 22.6. The Bertz CT molecular complexity index is 1550. The van der Waals surface area contributed by atoms with E-state index in [9.17, 15) is 27.9 Å². The number of nitrogens with zero attached hydrogens (tertiary/aromatic N) is 1. The first-order valence-electron chi connectivity index (χ1n) is 13.5. The third-order valence-corrected chi connectivity index (χ3v) is 7.81. The molecule has 0 aliphatic carbocycles. The van der Waals surface area contributed by atoms with Gasteiger partial charge < -0.3 is 14.7 Å². The van der Waals surface area contributed by atoms with E-state index in [0.29, 0.717) is 48.5 Å². The van der Waals surface area contributed by atoms with Crippen molar-refractivity contribution in [1.82, 2.24) is 4.90 Å². The molecule has 41 heavy (non-hydrogen) atoms. The van der Waals surface area contributed by atoms with Gasteiger partial charge in [0, 0.05) is 20.2 Å². The fraction of sp³-hybridized carbons (Fsp3) is 0.273. The summed E-state index contributed by atoms with van der Waals surface area (Å²) in [6, 6.07) is 21.8. The number of rotatable bonds is 7. The number of hydrogen-bond donors (Lipinski definition) is 1. The summed E-state index contributed by atoms with van der Waals surface area (Å²) >= 11 is 0. The summed E-state index contributed by atoms with van der Waals surface area (Å²) in [4.78, 5) is 26.2. The highest BCUT2D eigenvalue weighted by molar-refractivity contribution is 6.04. The van der Waals surface area contributed by atoms with Gasteiger partial charge in [-0.1, -0.05) is 48.5 Å². The Morgan fingerprint density at radius 1 is 0.878 bits per heavy atom. The summed E-state index contributed by atoms with van der Waals surface area (Å²) in [5.74, 6) is -0.604. The van der Waals surface area contributed by atoms with Crippen molar-refractivity contribution < 1.29 is 32.6 Å². The summed E-state index contributed by atoms with van der Waals surface area (Å²) in [6.07, 6.45) is -2.27. The number of hydrogen-bond acceptors (Lipinski definition) is 3. The average Bonchev–Trinajstić information content (AvgIpc) is 2.98. The Hall–Kier alpha value is -4.17. The molecule has 1 aliphatic heterocycles. The summed E-state index contributed by atoms with van der Waals surface area (Å²) < 4.78 is 44.0. The number of carbonyl (C=O) groups is 2. The Labute approximate surface area is 236 Å². The molecular formula is C33H30F3NO4. The minimum absolute atomic E-state index is 0.118. The number of benzene rings is 4. The molecule has 1 amide bonds. The molecule has 8 heteroatoms. The molecule has 1 fully saturated rings. The molecule has 1 saturated heterocycles. The number of likely N-dealkylation sites (tertiary alicyclic amines) is 1. The van der Waals surface area contributed by atoms with Crippen molar-refractivity contribution in [2.75, 3.05) is 26.8 Å². The number of methoxy groups -OCH3 is 1. The lowest BCUT2D eigenvalue weighted by Crippen LogP contribution is -2.38. The van der Waals surface area contributed by atoms with E-state index in [4.69, 9.17) is 4.74 Å². The van der Waals surface area contributed by atoms with Crippen molar-refractivity contribution in [1.29, 1.82) is 0 Å². The first kappa shape index (κ1) is 28.4. The average molecular weight is 562 g/mol. The van der Waals surface area contributed by atoms with Crippen LogP contribution in [0.2, 0.25) is 0 Å². The van der Waals surface area contributed by atoms with Crippen LogP contribution in [0.4, 0.5) is 13.2 Å². The first-order chi connectivity index (χ1) is 19.6. The lowest BCUT2D eigenvalue weighted by molar-refractivity contribution is -0.137. The highest BCUT2D eigenvalue weighted by Crippen LogP contribution is 2.36. The molecule has 1 N–H and O–H groups in total. The van der Waals surface area contributed by atoms with Gasteiger partial charge in [-0.2, -0.15) is 13.2 Å². The largest absolute Gasteiger partial charge is 0.478 e. The zero-order valence-corrected chi connectivity index (χ0v) is 22.6. The second kappa shape index (κ2) is 11.7. The van der Waals surface area contributed by atoms with Crippen LogP contribution in [0.25, 0.3) is 33.0 Å². The summed E-state index contributed by atoms with van der Waals surface area (Å²) in [5.41, 5.74) is 3.54. The number of carbonyl (C=O) groups excluding carboxylic acids is 1. The van der Waals surface area contributed by atoms with E-state index in [0.717, 1.165) is 41.5 Å². The number of aromatic carboxylic acids is 1. The van der Waals surface area contributed by atoms with Crippen LogP contribution in [-0.4, -0.2) is 48.7 Å². The monoisotopic (exact) mass is 561 g/mol. The fourth-order valence-electron chi connectivity index (χ4n) is 5.51. The van der Waals surface area contributed by atoms with Gasteiger partial charge in [0.05, 0.1) is 24.2 Å². The van der Waals surface area contributed by atoms with Crippen molar-refractivity contribution in [2.45, 2.75) is 31.4 Å². The van der Waals surface area contributed by atoms with Gasteiger partial charge >= 0.3 is 12.1 Å². The van der Waals surface area contributed by atoms with Gasteiger partial charge in [0.25, 0.3) is 0 Å². The van der Waals surface area contributed by atoms with Crippen LogP contribution in [0, 0.1) is 0 Å². The molecule has 4 aromatic carbocycles. The highest BCUT2D eigenvalue weighted by Gasteiger charge is 2.30. The molecule has 5 rings (SSSR count). The van der Waals surface area contributed by atoms with Crippen LogP contribution < -0.4 is 0 Å². The lowest BCUT2D eigenvalue weighted by atomic mass is 9.87. The summed E-state index contributed by atoms with van der Waals surface area (Å²) in [6.45, 7) is 1.84. The van der Waals surface area contributed by atoms with E-state index in [2.05, 4.69) is 12.1 Å². The van der Waals surface area contributed by atoms with Crippen LogP contribution in [-0.2, 0) is 15.7 Å². The van der Waals surface area contributed by atoms with Gasteiger partial charge in [-0.05, 0) is 87.7 Å². The molecule has 0 bridgehead atoms. The Morgan fingerprint density at radius 2 is 1.51 bits per heavy atom. The smallest absolute Gasteiger partial charge is 0.416 e. The molecule has 5 nitrogen and oxygen atoms in total. The van der Waals surface area contributed by atoms with Gasteiger partial charge in [-0.15, -0.1) is 0 Å². The zero-order chi connectivity index (χ0) is 29.1. The summed E-state index contributed by atoms with van der Waals surface area (Å²) in [5, 5.41) is 11.3. The Kier molecular flexibility index (Phi) is 8.13. The number of ether oxygens (including phenoxy) is 1. The Balaban J connectivity index is 1.40. The van der Waals surface area contributed by atoms with E-state index in [-0.39, 0.29) is 11.5 Å². The number of carboxylic acid groups (broad SMARTS) is 1. The van der Waals surface area contributed by atoms with Crippen LogP contribution in [0.15, 0.2) is 78.9 Å². The van der Waals surface area contributed by atoms with Crippen LogP contribution in [0.3, 0.4) is 0 Å². The van der Waals surface area contributed by atoms with E-state index in [1.54, 1.807) is 19.2 Å². The van der Waals surface area contributed by atoms with Crippen molar-refractivity contribution in [3.8, 4) is 22.3 Å². The molecule has 1 aliphatic rings. The number of alkyl halides is 3. The SMILES string of the molecule is COCCC(=O)N1CCC(c2ccc(-c3cc(C(=O)O)cc4cc(-c5ccc(C(F)(F)F)cc5)ccc34)cc2)CC1. The molecule has 0 aromatic heterocycles. The molecule has 0 atom stereocenters. The van der Waals surface area contributed by atoms with E-state index >= 15 is 0 Å². The van der Waals surface area contributed by atoms with Gasteiger partial charge in [0.2, 0.25) is 5.91 Å². The molecule has 4 aromatic rings. The molecule has 0 unspecified atom stereocenters. The molecule has 0 saturated carbocycles. The van der Waals surface area contributed by atoms with E-state index < -0.39 is 17.7 Å². The number of fused-ring (bicyclic) bond motifs is 1. The lowest BCUT2D eigenvalue weighted by Gasteiger charge is -2.32. The maximum Gasteiger partial charge on any atom is 0.416 e. The number of piperidine rings is 1. The third-order valence-electron chi connectivity index (χ3n) is 7.81. The second-order valence-electron chi connectivity index (χ2n) is 10.4. The maximum absolute atomic E-state index is 13.0. The molecule has 212 valence electrons. The molecule has 0 radical (unpaired) electrons. The number of carboxylic acids is 1. The number of halogens is 3. The van der Waals surface area contributed by atoms with E-state index in [1.165, 1.54) is 17.7 Å². The third kappa shape index (κ3) is 6.28.